The van der Waals surface area contributed by atoms with Gasteiger partial charge in [0.05, 0.1) is 25.3 Å². The molecule has 0 saturated carbocycles. The molecule has 2 aliphatic heterocycles. The van der Waals surface area contributed by atoms with Gasteiger partial charge in [-0.15, -0.1) is 11.8 Å². The molecule has 0 radical (unpaired) electrons. The SMILES string of the molecule is CCCC[C@H]1C(=O)N2CCC[C@@H]2C(=O)N[C@@H](CC(=O)O)C(=O)N[C@@H](C(C)C)C(=O)N(C)[C@@H](Cc2ccccc2)C(=O)N[C@@H](Cc2ccc(O)cc2)C(=O)N(C)CC(=O)N[C@@H](Cc2c[nH]c3ccccc23)C(=O)N[C@@H](Cc2ccc(O)cc2)C(=O)N[C@@H](CC(C)C)C(=O)N[C@H](C(=O)NCC(N)=O)CSCC(=O)N[C@@H](Cc2ccccc2)C(=O)N(C)C(Cc2ccccc2)C(=O)N1C. The molecule has 9 rings (SSSR count). The molecule has 3 heterocycles. The smallest absolute Gasteiger partial charge is 0.305 e. The predicted molar refractivity (Wildman–Crippen MR) is 489 cm³/mol. The first-order valence-corrected chi connectivity index (χ1v) is 45.0. The Morgan fingerprint density at radius 1 is 0.489 bits per heavy atom. The average Bonchev–Trinajstić information content (AvgIpc) is 1.77. The molecule has 1 unspecified atom stereocenters. The molecule has 2 saturated heterocycles. The fourth-order valence-corrected chi connectivity index (χ4v) is 16.8. The molecular formula is C95H120N16O19S. The highest BCUT2D eigenvalue weighted by atomic mass is 32.2. The van der Waals surface area contributed by atoms with Crippen LogP contribution in [0.4, 0.5) is 0 Å². The minimum atomic E-state index is -1.89. The summed E-state index contributed by atoms with van der Waals surface area (Å²) in [5, 5.41) is 56.0. The summed E-state index contributed by atoms with van der Waals surface area (Å²) in [6.45, 7) is 7.03. The van der Waals surface area contributed by atoms with Gasteiger partial charge in [-0.25, -0.2) is 0 Å². The number of unbranched alkanes of at least 4 members (excludes halogenated alkanes) is 1. The number of fused-ring (bicyclic) bond motifs is 2. The van der Waals surface area contributed by atoms with Gasteiger partial charge >= 0.3 is 5.97 Å². The van der Waals surface area contributed by atoms with Gasteiger partial charge in [0.15, 0.2) is 0 Å². The number of para-hydroxylation sites is 1. The number of aromatic nitrogens is 1. The topological polar surface area (TPSA) is 500 Å². The number of carboxylic acid groups (broad SMARTS) is 1. The van der Waals surface area contributed by atoms with Crippen LogP contribution in [-0.2, 0) is 115 Å². The zero-order valence-corrected chi connectivity index (χ0v) is 75.9. The van der Waals surface area contributed by atoms with E-state index in [0.717, 1.165) is 21.6 Å². The number of H-pyrrole nitrogens is 1. The van der Waals surface area contributed by atoms with Crippen molar-refractivity contribution in [3.05, 3.63) is 203 Å². The highest BCUT2D eigenvalue weighted by molar-refractivity contribution is 8.00. The second-order valence-corrected chi connectivity index (χ2v) is 35.0. The number of primary amides is 1. The molecule has 700 valence electrons. The molecule has 0 bridgehead atoms. The third-order valence-electron chi connectivity index (χ3n) is 23.1. The van der Waals surface area contributed by atoms with E-state index in [-0.39, 0.29) is 93.9 Å². The monoisotopic (exact) mass is 1820 g/mol. The fourth-order valence-electron chi connectivity index (χ4n) is 15.9. The number of benzene rings is 6. The van der Waals surface area contributed by atoms with Crippen molar-refractivity contribution in [3.63, 3.8) is 0 Å². The number of thioether (sulfide) groups is 1. The Balaban J connectivity index is 1.12. The normalized spacial score (nSPS) is 22.7. The zero-order chi connectivity index (χ0) is 95.3. The molecule has 12 atom stereocenters. The first-order chi connectivity index (χ1) is 62.5. The molecule has 2 aliphatic rings. The summed E-state index contributed by atoms with van der Waals surface area (Å²) in [5.41, 5.74) is 9.16. The lowest BCUT2D eigenvalue weighted by Gasteiger charge is -2.38. The number of rotatable bonds is 23. The van der Waals surface area contributed by atoms with E-state index in [1.165, 1.54) is 91.4 Å². The largest absolute Gasteiger partial charge is 0.508 e. The van der Waals surface area contributed by atoms with Gasteiger partial charge in [0.25, 0.3) is 0 Å². The predicted octanol–water partition coefficient (Wildman–Crippen LogP) is 2.86. The Labute approximate surface area is 765 Å². The van der Waals surface area contributed by atoms with Crippen LogP contribution in [0.2, 0.25) is 0 Å². The minimum absolute atomic E-state index is 0.0215. The Kier molecular flexibility index (Phi) is 37.5. The number of aromatic hydroxyl groups is 2. The Morgan fingerprint density at radius 2 is 0.969 bits per heavy atom. The second kappa shape index (κ2) is 48.7. The molecule has 6 aromatic carbocycles. The summed E-state index contributed by atoms with van der Waals surface area (Å²) in [4.78, 5) is 246. The molecule has 15 N–H and O–H groups in total. The number of likely N-dealkylation sites (N-methyl/N-ethyl adjacent to an activating group) is 4. The van der Waals surface area contributed by atoms with Gasteiger partial charge in [-0.3, -0.25) is 76.7 Å². The van der Waals surface area contributed by atoms with Crippen molar-refractivity contribution in [2.24, 2.45) is 17.6 Å². The van der Waals surface area contributed by atoms with Crippen LogP contribution in [0.3, 0.4) is 0 Å². The second-order valence-electron chi connectivity index (χ2n) is 34.0. The van der Waals surface area contributed by atoms with Crippen molar-refractivity contribution in [2.75, 3.05) is 59.3 Å². The lowest BCUT2D eigenvalue weighted by molar-refractivity contribution is -0.152. The number of nitrogens with one attached hydrogen (secondary N) is 10. The van der Waals surface area contributed by atoms with E-state index in [4.69, 9.17) is 5.73 Å². The molecule has 35 nitrogen and oxygen atoms in total. The number of nitrogens with zero attached hydrogens (tertiary/aromatic N) is 5. The quantitative estimate of drug-likeness (QED) is 0.0438. The van der Waals surface area contributed by atoms with Crippen LogP contribution in [0.1, 0.15) is 113 Å². The number of carbonyl (C=O) groups excluding carboxylic acids is 15. The van der Waals surface area contributed by atoms with E-state index in [0.29, 0.717) is 57.1 Å². The molecule has 1 aromatic heterocycles. The summed E-state index contributed by atoms with van der Waals surface area (Å²) >= 11 is 0.835. The fraction of sp³-hybridized carbons (Fsp3) is 0.432. The molecule has 36 heteroatoms. The van der Waals surface area contributed by atoms with E-state index in [2.05, 4.69) is 52.8 Å². The zero-order valence-electron chi connectivity index (χ0n) is 75.1. The molecular weight excluding hydrogens is 1700 g/mol. The average molecular weight is 1820 g/mol. The number of phenolic OH excluding ortho intramolecular Hbond substituents is 2. The first-order valence-electron chi connectivity index (χ1n) is 43.8. The van der Waals surface area contributed by atoms with Crippen molar-refractivity contribution in [1.82, 2.24) is 77.3 Å². The first kappa shape index (κ1) is 101. The maximum atomic E-state index is 15.7. The maximum absolute atomic E-state index is 15.7. The van der Waals surface area contributed by atoms with Crippen LogP contribution in [0.25, 0.3) is 10.9 Å². The standard InChI is InChI=1S/C95H120N16O19S/c1-10-11-32-76-94(129)111-42-23-33-75(111)89(124)103-71(50-82(117)118)88(123)106-83(57(4)5)95(130)109(8)77(47-59-26-17-13-18-27-59)90(125)104-72(46-62-36-40-65(113)41-37-62)91(126)107(6)53-80(115)99-70(49-63-51-97-67-31-22-21-30-66(63)67)87(122)102-69(44-61-34-38-64(112)39-35-61)86(121)101-68(43-56(2)3)85(120)105-74(84(119)98-52-79(96)114)54-131-55-81(116)100-73(45-58-24-15-12-16-25-58)92(127)110(9)78(93(128)108(76)7)48-60-28-19-14-20-29-60/h12-22,24-31,34-41,51,56-57,68-78,83,97,112-113H,10-11,23,32-33,42-50,52-55H2,1-9H3,(H2,96,114)(H,98,119)(H,99,115)(H,100,116)(H,101,121)(H,102,122)(H,103,124)(H,104,125)(H,105,120)(H,106,123)(H,117,118)/t68-,69-,70-,71-,72-,73-,74-,75+,76-,77-,78?,83-/m0/s1. The number of aromatic amines is 1. The van der Waals surface area contributed by atoms with Gasteiger partial charge in [0.1, 0.15) is 84.0 Å². The van der Waals surface area contributed by atoms with Crippen LogP contribution < -0.4 is 53.6 Å². The molecule has 0 spiro atoms. The van der Waals surface area contributed by atoms with Crippen molar-refractivity contribution in [2.45, 2.75) is 191 Å². The van der Waals surface area contributed by atoms with E-state index in [1.807, 2.05) is 6.92 Å². The number of carboxylic acids is 1. The van der Waals surface area contributed by atoms with E-state index < -0.39 is 198 Å². The van der Waals surface area contributed by atoms with Crippen molar-refractivity contribution >= 4 is 117 Å². The molecule has 2 fully saturated rings. The Morgan fingerprint density at radius 3 is 1.53 bits per heavy atom. The molecule has 15 amide bonds. The summed E-state index contributed by atoms with van der Waals surface area (Å²) in [6.07, 6.45) is 0.469. The van der Waals surface area contributed by atoms with Crippen LogP contribution in [-0.4, -0.2) is 271 Å². The van der Waals surface area contributed by atoms with Crippen molar-refractivity contribution in [1.29, 1.82) is 0 Å². The van der Waals surface area contributed by atoms with Gasteiger partial charge in [-0.2, -0.15) is 0 Å². The van der Waals surface area contributed by atoms with Crippen LogP contribution in [0.15, 0.2) is 170 Å². The van der Waals surface area contributed by atoms with Crippen LogP contribution in [0, 0.1) is 11.8 Å². The lowest BCUT2D eigenvalue weighted by atomic mass is 9.98. The number of nitrogens with two attached hydrogens (primary N) is 1. The number of phenols is 2. The third kappa shape index (κ3) is 29.4. The molecule has 131 heavy (non-hydrogen) atoms. The number of amides is 15. The summed E-state index contributed by atoms with van der Waals surface area (Å²) in [5.74, 6) is -17.1. The van der Waals surface area contributed by atoms with Crippen LogP contribution in [0.5, 0.6) is 11.5 Å². The number of carbonyl (C=O) groups is 16. The van der Waals surface area contributed by atoms with Crippen LogP contribution >= 0.6 is 11.8 Å². The van der Waals surface area contributed by atoms with Crippen molar-refractivity contribution in [3.8, 4) is 11.5 Å². The maximum Gasteiger partial charge on any atom is 0.305 e. The number of aliphatic carboxylic acids is 1. The van der Waals surface area contributed by atoms with Gasteiger partial charge in [-0.1, -0.05) is 181 Å². The van der Waals surface area contributed by atoms with E-state index in [1.54, 1.807) is 149 Å². The Hall–Kier alpha value is -13.7. The third-order valence-corrected chi connectivity index (χ3v) is 24.2. The molecule has 0 aliphatic carbocycles. The van der Waals surface area contributed by atoms with E-state index in [9.17, 15) is 53.7 Å². The minimum Gasteiger partial charge on any atom is -0.508 e. The van der Waals surface area contributed by atoms with E-state index >= 15 is 38.4 Å². The van der Waals surface area contributed by atoms with Gasteiger partial charge < -0.3 is 98.4 Å². The number of hydrogen-bond acceptors (Lipinski definition) is 19. The van der Waals surface area contributed by atoms with Crippen molar-refractivity contribution < 1.29 is 92.0 Å². The highest BCUT2D eigenvalue weighted by Gasteiger charge is 2.45. The summed E-state index contributed by atoms with van der Waals surface area (Å²) < 4.78 is 0. The highest BCUT2D eigenvalue weighted by Crippen LogP contribution is 2.27. The summed E-state index contributed by atoms with van der Waals surface area (Å²) in [7, 11) is 5.35. The van der Waals surface area contributed by atoms with Gasteiger partial charge in [-0.05, 0) is 101 Å². The Bertz CT molecular complexity index is 5160. The lowest BCUT2D eigenvalue weighted by Crippen LogP contribution is -2.61. The number of hydrogen-bond donors (Lipinski definition) is 14. The van der Waals surface area contributed by atoms with Gasteiger partial charge in [0.2, 0.25) is 88.6 Å². The van der Waals surface area contributed by atoms with Gasteiger partial charge in [0, 0.05) is 96.1 Å². The summed E-state index contributed by atoms with van der Waals surface area (Å²) in [6, 6.07) is 26.2. The molecule has 7 aromatic rings.